The van der Waals surface area contributed by atoms with Crippen LogP contribution in [0, 0.1) is 11.7 Å². The largest absolute Gasteiger partial charge is 0.486 e. The zero-order chi connectivity index (χ0) is 20.3. The molecule has 0 bridgehead atoms. The zero-order valence-corrected chi connectivity index (χ0v) is 16.1. The normalized spacial score (nSPS) is 13.5. The number of ether oxygens (including phenoxy) is 2. The lowest BCUT2D eigenvalue weighted by molar-refractivity contribution is -0.0193. The summed E-state index contributed by atoms with van der Waals surface area (Å²) in [7, 11) is 0. The second kappa shape index (κ2) is 7.84. The van der Waals surface area contributed by atoms with E-state index in [2.05, 4.69) is 10.1 Å². The van der Waals surface area contributed by atoms with Crippen molar-refractivity contribution in [1.29, 1.82) is 0 Å². The molecule has 1 amide bonds. The van der Waals surface area contributed by atoms with E-state index in [1.54, 1.807) is 48.1 Å². The highest BCUT2D eigenvalue weighted by Gasteiger charge is 2.31. The van der Waals surface area contributed by atoms with Gasteiger partial charge < -0.3 is 15.2 Å². The van der Waals surface area contributed by atoms with Gasteiger partial charge in [-0.1, -0.05) is 13.8 Å². The van der Waals surface area contributed by atoms with Crippen LogP contribution >= 0.6 is 0 Å². The van der Waals surface area contributed by atoms with Crippen molar-refractivity contribution >= 4 is 11.7 Å². The number of primary amides is 1. The summed E-state index contributed by atoms with van der Waals surface area (Å²) < 4.78 is 27.1. The van der Waals surface area contributed by atoms with E-state index in [0.717, 1.165) is 0 Å². The third-order valence-electron chi connectivity index (χ3n) is 4.24. The van der Waals surface area contributed by atoms with Crippen molar-refractivity contribution < 1.29 is 18.7 Å². The summed E-state index contributed by atoms with van der Waals surface area (Å²) in [6.07, 6.45) is 2.92. The first kappa shape index (κ1) is 19.6. The van der Waals surface area contributed by atoms with E-state index in [0.29, 0.717) is 23.3 Å². The molecule has 3 rings (SSSR count). The van der Waals surface area contributed by atoms with E-state index in [1.807, 2.05) is 13.8 Å². The zero-order valence-electron chi connectivity index (χ0n) is 16.1. The molecule has 1 atom stereocenters. The molecule has 0 saturated carbocycles. The smallest absolute Gasteiger partial charge is 0.405 e. The van der Waals surface area contributed by atoms with Gasteiger partial charge in [-0.15, -0.1) is 0 Å². The molecule has 1 aromatic carbocycles. The van der Waals surface area contributed by atoms with Gasteiger partial charge in [0, 0.05) is 17.8 Å². The third-order valence-corrected chi connectivity index (χ3v) is 4.24. The first-order valence-electron chi connectivity index (χ1n) is 8.97. The standard InChI is InChI=1S/C20H23FN4O3/c1-13(2)11-20(3,28-19(22)26)12-27-17-5-4-14(10-15(17)21)16-6-8-23-18-7-9-24-25(16)18/h4-10,13H,11-12H2,1-3H3,(H2,22,26)/t20-/m0/s1. The number of nitrogens with two attached hydrogens (primary N) is 1. The summed E-state index contributed by atoms with van der Waals surface area (Å²) in [5, 5.41) is 4.21. The molecule has 7 nitrogen and oxygen atoms in total. The predicted octanol–water partition coefficient (Wildman–Crippen LogP) is 3.81. The van der Waals surface area contributed by atoms with E-state index in [-0.39, 0.29) is 18.3 Å². The van der Waals surface area contributed by atoms with E-state index in [1.165, 1.54) is 6.07 Å². The molecule has 2 heterocycles. The Morgan fingerprint density at radius 2 is 2.07 bits per heavy atom. The van der Waals surface area contributed by atoms with Crippen LogP contribution in [0.2, 0.25) is 0 Å². The molecule has 0 aliphatic rings. The molecule has 2 N–H and O–H groups in total. The molecule has 28 heavy (non-hydrogen) atoms. The molecule has 0 spiro atoms. The Morgan fingerprint density at radius 1 is 1.29 bits per heavy atom. The van der Waals surface area contributed by atoms with Crippen LogP contribution in [0.5, 0.6) is 5.75 Å². The number of carbonyl (C=O) groups is 1. The lowest BCUT2D eigenvalue weighted by Gasteiger charge is -2.30. The topological polar surface area (TPSA) is 91.7 Å². The van der Waals surface area contributed by atoms with Crippen LogP contribution in [0.1, 0.15) is 27.2 Å². The number of hydrogen-bond donors (Lipinski definition) is 1. The lowest BCUT2D eigenvalue weighted by atomic mass is 9.95. The molecule has 148 valence electrons. The highest BCUT2D eigenvalue weighted by atomic mass is 19.1. The van der Waals surface area contributed by atoms with E-state index >= 15 is 0 Å². The highest BCUT2D eigenvalue weighted by molar-refractivity contribution is 5.65. The summed E-state index contributed by atoms with van der Waals surface area (Å²) in [6.45, 7) is 5.68. The fourth-order valence-electron chi connectivity index (χ4n) is 3.30. The van der Waals surface area contributed by atoms with Gasteiger partial charge in [0.25, 0.3) is 0 Å². The lowest BCUT2D eigenvalue weighted by Crippen LogP contribution is -2.41. The van der Waals surface area contributed by atoms with Gasteiger partial charge in [0.05, 0.1) is 11.9 Å². The second-order valence-corrected chi connectivity index (χ2v) is 7.33. The maximum atomic E-state index is 14.7. The monoisotopic (exact) mass is 386 g/mol. The van der Waals surface area contributed by atoms with Gasteiger partial charge in [0.15, 0.2) is 17.2 Å². The van der Waals surface area contributed by atoms with Crippen molar-refractivity contribution in [3.05, 3.63) is 48.5 Å². The molecule has 0 unspecified atom stereocenters. The first-order chi connectivity index (χ1) is 13.3. The van der Waals surface area contributed by atoms with Crippen LogP contribution in [0.15, 0.2) is 42.7 Å². The number of halogens is 1. The quantitative estimate of drug-likeness (QED) is 0.667. The Bertz CT molecular complexity index is 988. The number of fused-ring (bicyclic) bond motifs is 1. The number of nitrogens with zero attached hydrogens (tertiary/aromatic N) is 3. The number of benzene rings is 1. The molecule has 2 aromatic heterocycles. The molecule has 0 fully saturated rings. The van der Waals surface area contributed by atoms with Crippen LogP contribution in [0.25, 0.3) is 16.9 Å². The number of amides is 1. The Hall–Kier alpha value is -3.16. The van der Waals surface area contributed by atoms with E-state index in [4.69, 9.17) is 15.2 Å². The number of hydrogen-bond acceptors (Lipinski definition) is 5. The minimum atomic E-state index is -0.947. The number of rotatable bonds is 7. The number of aromatic nitrogens is 3. The summed E-state index contributed by atoms with van der Waals surface area (Å²) in [4.78, 5) is 15.4. The third kappa shape index (κ3) is 4.39. The van der Waals surface area contributed by atoms with Gasteiger partial charge in [-0.25, -0.2) is 18.7 Å². The highest BCUT2D eigenvalue weighted by Crippen LogP contribution is 2.28. The fourth-order valence-corrected chi connectivity index (χ4v) is 3.30. The van der Waals surface area contributed by atoms with Crippen LogP contribution in [-0.4, -0.2) is 32.9 Å². The molecule has 0 saturated heterocycles. The Kier molecular flexibility index (Phi) is 5.48. The van der Waals surface area contributed by atoms with Crippen molar-refractivity contribution in [3.8, 4) is 17.0 Å². The number of carbonyl (C=O) groups excluding carboxylic acids is 1. The van der Waals surface area contributed by atoms with Crippen molar-refractivity contribution in [2.75, 3.05) is 6.61 Å². The van der Waals surface area contributed by atoms with Crippen LogP contribution in [0.3, 0.4) is 0 Å². The average molecular weight is 386 g/mol. The molecule has 0 aliphatic carbocycles. The summed E-state index contributed by atoms with van der Waals surface area (Å²) >= 11 is 0. The Labute approximate surface area is 162 Å². The predicted molar refractivity (Wildman–Crippen MR) is 102 cm³/mol. The molecular weight excluding hydrogens is 363 g/mol. The summed E-state index contributed by atoms with van der Waals surface area (Å²) in [5.74, 6) is -0.221. The molecule has 8 heteroatoms. The van der Waals surface area contributed by atoms with Gasteiger partial charge in [0.1, 0.15) is 12.2 Å². The van der Waals surface area contributed by atoms with E-state index in [9.17, 15) is 9.18 Å². The summed E-state index contributed by atoms with van der Waals surface area (Å²) in [5.41, 5.74) is 6.24. The Morgan fingerprint density at radius 3 is 2.75 bits per heavy atom. The molecule has 0 aliphatic heterocycles. The molecule has 0 radical (unpaired) electrons. The maximum absolute atomic E-state index is 14.7. The van der Waals surface area contributed by atoms with Crippen LogP contribution in [-0.2, 0) is 4.74 Å². The minimum absolute atomic E-state index is 0.0109. The SMILES string of the molecule is CC(C)C[C@@](C)(COc1ccc(-c2ccnc3ccnn23)cc1F)OC(N)=O. The second-order valence-electron chi connectivity index (χ2n) is 7.33. The van der Waals surface area contributed by atoms with Gasteiger partial charge in [0.2, 0.25) is 0 Å². The first-order valence-corrected chi connectivity index (χ1v) is 8.97. The molecule has 3 aromatic rings. The van der Waals surface area contributed by atoms with Crippen molar-refractivity contribution in [3.63, 3.8) is 0 Å². The van der Waals surface area contributed by atoms with Gasteiger partial charge >= 0.3 is 6.09 Å². The van der Waals surface area contributed by atoms with Crippen molar-refractivity contribution in [2.24, 2.45) is 11.7 Å². The van der Waals surface area contributed by atoms with E-state index < -0.39 is 17.5 Å². The Balaban J connectivity index is 1.81. The van der Waals surface area contributed by atoms with Crippen molar-refractivity contribution in [2.45, 2.75) is 32.8 Å². The minimum Gasteiger partial charge on any atom is -0.486 e. The average Bonchev–Trinajstić information content (AvgIpc) is 3.08. The van der Waals surface area contributed by atoms with Crippen molar-refractivity contribution in [1.82, 2.24) is 14.6 Å². The molecular formula is C20H23FN4O3. The summed E-state index contributed by atoms with van der Waals surface area (Å²) in [6, 6.07) is 8.19. The van der Waals surface area contributed by atoms with Gasteiger partial charge in [-0.2, -0.15) is 5.10 Å². The fraction of sp³-hybridized carbons (Fsp3) is 0.350. The van der Waals surface area contributed by atoms with Gasteiger partial charge in [-0.05, 0) is 43.5 Å². The maximum Gasteiger partial charge on any atom is 0.405 e. The van der Waals surface area contributed by atoms with Gasteiger partial charge in [-0.3, -0.25) is 0 Å². The van der Waals surface area contributed by atoms with Crippen LogP contribution < -0.4 is 10.5 Å². The van der Waals surface area contributed by atoms with Crippen LogP contribution in [0.4, 0.5) is 9.18 Å².